The highest BCUT2D eigenvalue weighted by molar-refractivity contribution is 6.31. The highest BCUT2D eigenvalue weighted by atomic mass is 35.5. The predicted octanol–water partition coefficient (Wildman–Crippen LogP) is 2.61. The number of rotatable bonds is 6. The standard InChI is InChI=1S/C25H32ClN3O4/c1-15-5-4-6-16(2)22(15)23(25(27)31)29-11-9-28(10-12-29)13-19(30)21-14-32-24-17(3)18(26)7-8-20(24)33-21/h4-8,19,21,23,30H,9-14H2,1-3H3,(H2,27,31). The zero-order valence-electron chi connectivity index (χ0n) is 19.4. The van der Waals surface area contributed by atoms with Crippen LogP contribution in [0, 0.1) is 20.8 Å². The Bertz CT molecular complexity index is 1000. The predicted molar refractivity (Wildman–Crippen MR) is 128 cm³/mol. The molecule has 0 radical (unpaired) electrons. The number of hydrogen-bond donors (Lipinski definition) is 2. The van der Waals surface area contributed by atoms with Gasteiger partial charge in [-0.2, -0.15) is 0 Å². The number of primary amides is 1. The van der Waals surface area contributed by atoms with Crippen LogP contribution in [-0.2, 0) is 4.79 Å². The summed E-state index contributed by atoms with van der Waals surface area (Å²) < 4.78 is 11.9. The SMILES string of the molecule is Cc1cccc(C)c1C(C(N)=O)N1CCN(CC(O)C2COc3c(ccc(Cl)c3C)O2)CC1. The number of piperazine rings is 1. The quantitative estimate of drug-likeness (QED) is 0.670. The van der Waals surface area contributed by atoms with Gasteiger partial charge in [-0.1, -0.05) is 29.8 Å². The third-order valence-electron chi connectivity index (χ3n) is 6.71. The van der Waals surface area contributed by atoms with E-state index < -0.39 is 18.2 Å². The summed E-state index contributed by atoms with van der Waals surface area (Å²) in [6, 6.07) is 9.14. The summed E-state index contributed by atoms with van der Waals surface area (Å²) in [4.78, 5) is 16.7. The number of carbonyl (C=O) groups is 1. The van der Waals surface area contributed by atoms with Gasteiger partial charge in [-0.15, -0.1) is 0 Å². The lowest BCUT2D eigenvalue weighted by molar-refractivity contribution is -0.124. The van der Waals surface area contributed by atoms with E-state index in [2.05, 4.69) is 9.80 Å². The molecule has 1 saturated heterocycles. The number of aliphatic hydroxyl groups is 1. The molecule has 3 N–H and O–H groups in total. The molecule has 1 fully saturated rings. The summed E-state index contributed by atoms with van der Waals surface area (Å²) in [5.41, 5.74) is 9.82. The number of carbonyl (C=O) groups excluding carboxylic acids is 1. The van der Waals surface area contributed by atoms with Gasteiger partial charge in [0.1, 0.15) is 18.8 Å². The van der Waals surface area contributed by atoms with Crippen LogP contribution in [0.2, 0.25) is 5.02 Å². The van der Waals surface area contributed by atoms with E-state index in [0.717, 1.165) is 35.3 Å². The fourth-order valence-electron chi connectivity index (χ4n) is 4.82. The van der Waals surface area contributed by atoms with Crippen molar-refractivity contribution in [1.82, 2.24) is 9.80 Å². The minimum Gasteiger partial charge on any atom is -0.485 e. The molecule has 2 aliphatic heterocycles. The summed E-state index contributed by atoms with van der Waals surface area (Å²) in [6.07, 6.45) is -1.16. The van der Waals surface area contributed by atoms with Gasteiger partial charge in [-0.05, 0) is 49.6 Å². The number of hydrogen-bond acceptors (Lipinski definition) is 6. The Morgan fingerprint density at radius 3 is 2.45 bits per heavy atom. The molecule has 178 valence electrons. The number of benzene rings is 2. The molecule has 0 aromatic heterocycles. The van der Waals surface area contributed by atoms with E-state index >= 15 is 0 Å². The largest absolute Gasteiger partial charge is 0.485 e. The third-order valence-corrected chi connectivity index (χ3v) is 7.11. The van der Waals surface area contributed by atoms with Crippen molar-refractivity contribution >= 4 is 17.5 Å². The monoisotopic (exact) mass is 473 g/mol. The second-order valence-corrected chi connectivity index (χ2v) is 9.39. The van der Waals surface area contributed by atoms with Crippen molar-refractivity contribution in [3.05, 3.63) is 57.6 Å². The zero-order chi connectivity index (χ0) is 23.7. The van der Waals surface area contributed by atoms with Crippen LogP contribution in [0.4, 0.5) is 0 Å². The van der Waals surface area contributed by atoms with E-state index in [0.29, 0.717) is 36.2 Å². The lowest BCUT2D eigenvalue weighted by atomic mass is 9.94. The van der Waals surface area contributed by atoms with Gasteiger partial charge in [0.2, 0.25) is 5.91 Å². The van der Waals surface area contributed by atoms with Gasteiger partial charge in [-0.25, -0.2) is 0 Å². The third kappa shape index (κ3) is 4.96. The summed E-state index contributed by atoms with van der Waals surface area (Å²) in [5.74, 6) is 0.918. The van der Waals surface area contributed by atoms with E-state index in [4.69, 9.17) is 26.8 Å². The molecule has 0 spiro atoms. The molecule has 33 heavy (non-hydrogen) atoms. The van der Waals surface area contributed by atoms with E-state index in [1.165, 1.54) is 0 Å². The zero-order valence-corrected chi connectivity index (χ0v) is 20.1. The van der Waals surface area contributed by atoms with Crippen molar-refractivity contribution in [1.29, 1.82) is 0 Å². The van der Waals surface area contributed by atoms with E-state index in [9.17, 15) is 9.90 Å². The van der Waals surface area contributed by atoms with Crippen LogP contribution < -0.4 is 15.2 Å². The molecule has 2 aromatic carbocycles. The molecule has 0 bridgehead atoms. The molecule has 2 heterocycles. The van der Waals surface area contributed by atoms with Gasteiger partial charge >= 0.3 is 0 Å². The Hall–Kier alpha value is -2.32. The molecule has 3 atom stereocenters. The summed E-state index contributed by atoms with van der Waals surface area (Å²) in [5, 5.41) is 11.5. The van der Waals surface area contributed by atoms with Crippen LogP contribution in [0.15, 0.2) is 30.3 Å². The van der Waals surface area contributed by atoms with Crippen molar-refractivity contribution in [2.45, 2.75) is 39.0 Å². The molecule has 3 unspecified atom stereocenters. The van der Waals surface area contributed by atoms with Gasteiger partial charge in [0, 0.05) is 43.3 Å². The molecule has 7 nitrogen and oxygen atoms in total. The fourth-order valence-corrected chi connectivity index (χ4v) is 4.97. The lowest BCUT2D eigenvalue weighted by Gasteiger charge is -2.40. The smallest absolute Gasteiger partial charge is 0.239 e. The fraction of sp³-hybridized carbons (Fsp3) is 0.480. The Labute approximate surface area is 200 Å². The normalized spacial score (nSPS) is 20.9. The minimum absolute atomic E-state index is 0.269. The maximum atomic E-state index is 12.4. The van der Waals surface area contributed by atoms with E-state index in [1.54, 1.807) is 12.1 Å². The second-order valence-electron chi connectivity index (χ2n) is 8.98. The molecule has 2 aromatic rings. The van der Waals surface area contributed by atoms with Gasteiger partial charge in [-0.3, -0.25) is 14.6 Å². The number of amides is 1. The Morgan fingerprint density at radius 2 is 1.82 bits per heavy atom. The van der Waals surface area contributed by atoms with Crippen molar-refractivity contribution in [2.75, 3.05) is 39.3 Å². The van der Waals surface area contributed by atoms with Crippen LogP contribution in [0.1, 0.15) is 28.3 Å². The molecule has 1 amide bonds. The second kappa shape index (κ2) is 9.89. The van der Waals surface area contributed by atoms with Crippen LogP contribution in [-0.4, -0.2) is 72.4 Å². The molecule has 2 aliphatic rings. The van der Waals surface area contributed by atoms with Crippen LogP contribution in [0.3, 0.4) is 0 Å². The molecule has 8 heteroatoms. The Morgan fingerprint density at radius 1 is 1.15 bits per heavy atom. The van der Waals surface area contributed by atoms with Gasteiger partial charge in [0.05, 0.1) is 0 Å². The number of nitrogens with two attached hydrogens (primary N) is 1. The topological polar surface area (TPSA) is 88.3 Å². The number of aryl methyl sites for hydroxylation is 2. The first-order chi connectivity index (χ1) is 15.8. The van der Waals surface area contributed by atoms with E-state index in [-0.39, 0.29) is 12.5 Å². The molecule has 4 rings (SSSR count). The summed E-state index contributed by atoms with van der Waals surface area (Å²) in [6.45, 7) is 9.50. The number of aliphatic hydroxyl groups excluding tert-OH is 1. The van der Waals surface area contributed by atoms with Crippen molar-refractivity contribution in [3.63, 3.8) is 0 Å². The first-order valence-corrected chi connectivity index (χ1v) is 11.7. The van der Waals surface area contributed by atoms with Crippen molar-refractivity contribution < 1.29 is 19.4 Å². The Kier molecular flexibility index (Phi) is 7.14. The Balaban J connectivity index is 1.36. The van der Waals surface area contributed by atoms with Crippen molar-refractivity contribution in [3.8, 4) is 11.5 Å². The summed E-state index contributed by atoms with van der Waals surface area (Å²) >= 11 is 6.16. The molecule has 0 aliphatic carbocycles. The number of halogens is 1. The maximum absolute atomic E-state index is 12.4. The van der Waals surface area contributed by atoms with Gasteiger partial charge in [0.25, 0.3) is 0 Å². The van der Waals surface area contributed by atoms with Crippen LogP contribution in [0.25, 0.3) is 0 Å². The van der Waals surface area contributed by atoms with Crippen molar-refractivity contribution in [2.24, 2.45) is 5.73 Å². The minimum atomic E-state index is -0.703. The summed E-state index contributed by atoms with van der Waals surface area (Å²) in [7, 11) is 0. The number of ether oxygens (including phenoxy) is 2. The van der Waals surface area contributed by atoms with Crippen LogP contribution in [0.5, 0.6) is 11.5 Å². The highest BCUT2D eigenvalue weighted by Gasteiger charge is 2.34. The highest BCUT2D eigenvalue weighted by Crippen LogP contribution is 2.39. The lowest BCUT2D eigenvalue weighted by Crippen LogP contribution is -2.54. The molecule has 0 saturated carbocycles. The first-order valence-electron chi connectivity index (χ1n) is 11.3. The van der Waals surface area contributed by atoms with Crippen LogP contribution >= 0.6 is 11.6 Å². The average Bonchev–Trinajstić information content (AvgIpc) is 2.79. The molecular formula is C25H32ClN3O4. The number of nitrogens with zero attached hydrogens (tertiary/aromatic N) is 2. The van der Waals surface area contributed by atoms with E-state index in [1.807, 2.05) is 39.0 Å². The average molecular weight is 474 g/mol. The van der Waals surface area contributed by atoms with Gasteiger partial charge < -0.3 is 20.3 Å². The number of β-amino-alcohol motifs (C(OH)–C–C–N with tert-alkyl or cyclic N) is 1. The van der Waals surface area contributed by atoms with Gasteiger partial charge in [0.15, 0.2) is 17.6 Å². The number of fused-ring (bicyclic) bond motifs is 1. The first kappa shape index (κ1) is 23.8. The molecular weight excluding hydrogens is 442 g/mol. The maximum Gasteiger partial charge on any atom is 0.239 e.